The van der Waals surface area contributed by atoms with Crippen molar-refractivity contribution in [1.82, 2.24) is 24.3 Å². The molecule has 3 aromatic rings. The molecule has 28 heavy (non-hydrogen) atoms. The molecule has 0 radical (unpaired) electrons. The predicted molar refractivity (Wildman–Crippen MR) is 110 cm³/mol. The van der Waals surface area contributed by atoms with Crippen LogP contribution in [-0.4, -0.2) is 49.6 Å². The summed E-state index contributed by atoms with van der Waals surface area (Å²) in [5.41, 5.74) is 3.83. The zero-order valence-electron chi connectivity index (χ0n) is 16.7. The molecule has 148 valence electrons. The summed E-state index contributed by atoms with van der Waals surface area (Å²) in [4.78, 5) is 16.8. The average molecular weight is 400 g/mol. The van der Waals surface area contributed by atoms with Gasteiger partial charge in [-0.3, -0.25) is 9.78 Å². The van der Waals surface area contributed by atoms with Crippen LogP contribution in [0.1, 0.15) is 28.2 Å². The summed E-state index contributed by atoms with van der Waals surface area (Å²) in [7, 11) is 3.61. The van der Waals surface area contributed by atoms with Gasteiger partial charge in [-0.15, -0.1) is 10.2 Å². The van der Waals surface area contributed by atoms with Crippen molar-refractivity contribution < 1.29 is 9.53 Å². The molecule has 3 heterocycles. The normalized spacial score (nSPS) is 11.1. The molecule has 0 atom stereocenters. The number of pyridine rings is 1. The van der Waals surface area contributed by atoms with Crippen LogP contribution in [0.4, 0.5) is 0 Å². The van der Waals surface area contributed by atoms with E-state index < -0.39 is 0 Å². The van der Waals surface area contributed by atoms with E-state index in [2.05, 4.69) is 19.7 Å². The molecule has 3 rings (SSSR count). The lowest BCUT2D eigenvalue weighted by Gasteiger charge is -2.09. The number of ketones is 1. The first-order valence-electron chi connectivity index (χ1n) is 9.14. The molecule has 7 nitrogen and oxygen atoms in total. The van der Waals surface area contributed by atoms with E-state index in [4.69, 9.17) is 4.74 Å². The number of methoxy groups -OCH3 is 1. The molecule has 0 aliphatic heterocycles. The van der Waals surface area contributed by atoms with Gasteiger partial charge in [0.15, 0.2) is 16.8 Å². The summed E-state index contributed by atoms with van der Waals surface area (Å²) in [5.74, 6) is 1.18. The molecule has 3 aromatic heterocycles. The number of aromatic nitrogens is 5. The van der Waals surface area contributed by atoms with Gasteiger partial charge in [0.1, 0.15) is 0 Å². The molecule has 0 aliphatic carbocycles. The van der Waals surface area contributed by atoms with Crippen molar-refractivity contribution in [2.75, 3.05) is 19.5 Å². The minimum absolute atomic E-state index is 0.101. The summed E-state index contributed by atoms with van der Waals surface area (Å²) in [6.07, 6.45) is 4.37. The number of hydrogen-bond acceptors (Lipinski definition) is 6. The van der Waals surface area contributed by atoms with E-state index in [0.717, 1.165) is 41.3 Å². The predicted octanol–water partition coefficient (Wildman–Crippen LogP) is 3.31. The van der Waals surface area contributed by atoms with E-state index in [9.17, 15) is 4.79 Å². The van der Waals surface area contributed by atoms with Gasteiger partial charge in [-0.25, -0.2) is 0 Å². The first-order valence-corrected chi connectivity index (χ1v) is 10.1. The molecule has 0 amide bonds. The van der Waals surface area contributed by atoms with Crippen molar-refractivity contribution in [3.8, 4) is 11.4 Å². The second-order valence-corrected chi connectivity index (χ2v) is 7.54. The highest BCUT2D eigenvalue weighted by Crippen LogP contribution is 2.24. The van der Waals surface area contributed by atoms with Crippen LogP contribution in [0.25, 0.3) is 11.4 Å². The van der Waals surface area contributed by atoms with E-state index in [0.29, 0.717) is 17.5 Å². The van der Waals surface area contributed by atoms with Gasteiger partial charge >= 0.3 is 0 Å². The highest BCUT2D eigenvalue weighted by atomic mass is 32.2. The van der Waals surface area contributed by atoms with Gasteiger partial charge in [0, 0.05) is 62.2 Å². The molecule has 0 aromatic carbocycles. The standard InChI is InChI=1S/C20H25N5O2S/c1-14-12-17(15(2)25(14)10-5-11-27-4)18(26)13-28-20-23-22-19(24(20)3)16-6-8-21-9-7-16/h6-9,12H,5,10-11,13H2,1-4H3. The molecule has 0 bridgehead atoms. The highest BCUT2D eigenvalue weighted by Gasteiger charge is 2.18. The second-order valence-electron chi connectivity index (χ2n) is 6.60. The Hall–Kier alpha value is -2.45. The van der Waals surface area contributed by atoms with Crippen LogP contribution < -0.4 is 0 Å². The third kappa shape index (κ3) is 4.34. The van der Waals surface area contributed by atoms with Gasteiger partial charge in [0.05, 0.1) is 5.75 Å². The Morgan fingerprint density at radius 3 is 2.68 bits per heavy atom. The van der Waals surface area contributed by atoms with Crippen LogP contribution in [0, 0.1) is 13.8 Å². The van der Waals surface area contributed by atoms with Gasteiger partial charge in [0.25, 0.3) is 0 Å². The second kappa shape index (κ2) is 9.16. The van der Waals surface area contributed by atoms with E-state index >= 15 is 0 Å². The van der Waals surface area contributed by atoms with E-state index in [1.807, 2.05) is 43.7 Å². The average Bonchev–Trinajstić information content (AvgIpc) is 3.21. The Bertz CT molecular complexity index is 949. The minimum Gasteiger partial charge on any atom is -0.385 e. The topological polar surface area (TPSA) is 74.8 Å². The number of rotatable bonds is 9. The lowest BCUT2D eigenvalue weighted by molar-refractivity contribution is 0.102. The summed E-state index contributed by atoms with van der Waals surface area (Å²) in [6.45, 7) is 5.60. The van der Waals surface area contributed by atoms with Crippen molar-refractivity contribution in [2.45, 2.75) is 32.0 Å². The van der Waals surface area contributed by atoms with Crippen molar-refractivity contribution in [3.05, 3.63) is 47.5 Å². The van der Waals surface area contributed by atoms with Gasteiger partial charge in [-0.2, -0.15) is 0 Å². The van der Waals surface area contributed by atoms with Crippen molar-refractivity contribution in [3.63, 3.8) is 0 Å². The number of aryl methyl sites for hydroxylation is 1. The molecule has 0 saturated heterocycles. The molecular weight excluding hydrogens is 374 g/mol. The van der Waals surface area contributed by atoms with E-state index in [1.54, 1.807) is 19.5 Å². The fraction of sp³-hybridized carbons (Fsp3) is 0.400. The maximum absolute atomic E-state index is 12.8. The van der Waals surface area contributed by atoms with Crippen LogP contribution in [-0.2, 0) is 18.3 Å². The van der Waals surface area contributed by atoms with E-state index in [1.165, 1.54) is 11.8 Å². The zero-order valence-corrected chi connectivity index (χ0v) is 17.5. The third-order valence-electron chi connectivity index (χ3n) is 4.71. The van der Waals surface area contributed by atoms with Gasteiger partial charge in [-0.1, -0.05) is 11.8 Å². The van der Waals surface area contributed by atoms with E-state index in [-0.39, 0.29) is 5.78 Å². The summed E-state index contributed by atoms with van der Waals surface area (Å²) < 4.78 is 9.21. The van der Waals surface area contributed by atoms with Crippen LogP contribution in [0.3, 0.4) is 0 Å². The molecule has 8 heteroatoms. The SMILES string of the molecule is COCCCn1c(C)cc(C(=O)CSc2nnc(-c3ccncc3)n2C)c1C. The molecular formula is C20H25N5O2S. The maximum Gasteiger partial charge on any atom is 0.191 e. The van der Waals surface area contributed by atoms with Crippen LogP contribution in [0.15, 0.2) is 35.7 Å². The van der Waals surface area contributed by atoms with Gasteiger partial charge in [-0.05, 0) is 38.5 Å². The molecule has 0 N–H and O–H groups in total. The number of thioether (sulfide) groups is 1. The lowest BCUT2D eigenvalue weighted by Crippen LogP contribution is -2.08. The Morgan fingerprint density at radius 2 is 1.96 bits per heavy atom. The monoisotopic (exact) mass is 399 g/mol. The van der Waals surface area contributed by atoms with Crippen molar-refractivity contribution in [2.24, 2.45) is 7.05 Å². The number of hydrogen-bond donors (Lipinski definition) is 0. The van der Waals surface area contributed by atoms with Crippen LogP contribution >= 0.6 is 11.8 Å². The number of nitrogens with zero attached hydrogens (tertiary/aromatic N) is 5. The Kier molecular flexibility index (Phi) is 6.64. The fourth-order valence-electron chi connectivity index (χ4n) is 3.20. The fourth-order valence-corrected chi connectivity index (χ4v) is 3.99. The Balaban J connectivity index is 1.68. The maximum atomic E-state index is 12.8. The van der Waals surface area contributed by atoms with Crippen molar-refractivity contribution >= 4 is 17.5 Å². The van der Waals surface area contributed by atoms with Crippen molar-refractivity contribution in [1.29, 1.82) is 0 Å². The lowest BCUT2D eigenvalue weighted by atomic mass is 10.2. The first-order chi connectivity index (χ1) is 13.5. The van der Waals surface area contributed by atoms with Crippen LogP contribution in [0.2, 0.25) is 0 Å². The molecule has 0 unspecified atom stereocenters. The quantitative estimate of drug-likeness (QED) is 0.312. The molecule has 0 aliphatic rings. The summed E-state index contributed by atoms with van der Waals surface area (Å²) >= 11 is 1.41. The number of Topliss-reactive ketones (excluding diaryl/α,β-unsaturated/α-hetero) is 1. The molecule has 0 fully saturated rings. The van der Waals surface area contributed by atoms with Crippen LogP contribution in [0.5, 0.6) is 0 Å². The number of ether oxygens (including phenoxy) is 1. The smallest absolute Gasteiger partial charge is 0.191 e. The number of carbonyl (C=O) groups is 1. The highest BCUT2D eigenvalue weighted by molar-refractivity contribution is 7.99. The number of carbonyl (C=O) groups excluding carboxylic acids is 1. The minimum atomic E-state index is 0.101. The molecule has 0 spiro atoms. The van der Waals surface area contributed by atoms with Gasteiger partial charge < -0.3 is 13.9 Å². The third-order valence-corrected chi connectivity index (χ3v) is 5.73. The summed E-state index contributed by atoms with van der Waals surface area (Å²) in [6, 6.07) is 5.76. The Labute approximate surface area is 169 Å². The Morgan fingerprint density at radius 1 is 1.21 bits per heavy atom. The zero-order chi connectivity index (χ0) is 20.1. The first kappa shape index (κ1) is 20.3. The molecule has 0 saturated carbocycles. The summed E-state index contributed by atoms with van der Waals surface area (Å²) in [5, 5.41) is 9.21. The van der Waals surface area contributed by atoms with Gasteiger partial charge in [0.2, 0.25) is 0 Å². The largest absolute Gasteiger partial charge is 0.385 e.